The molecule has 6 heteroatoms. The zero-order valence-electron chi connectivity index (χ0n) is 10.8. The van der Waals surface area contributed by atoms with Crippen LogP contribution >= 0.6 is 0 Å². The fourth-order valence-corrected chi connectivity index (χ4v) is 1.64. The molecule has 0 aromatic carbocycles. The third-order valence-electron chi connectivity index (χ3n) is 2.32. The second-order valence-electron chi connectivity index (χ2n) is 4.83. The van der Waals surface area contributed by atoms with E-state index in [1.165, 1.54) is 12.3 Å². The first kappa shape index (κ1) is 14.4. The topological polar surface area (TPSA) is 85.7 Å². The van der Waals surface area contributed by atoms with Crippen molar-refractivity contribution in [2.75, 3.05) is 32.5 Å². The van der Waals surface area contributed by atoms with Crippen molar-refractivity contribution < 1.29 is 15.0 Å². The molecular weight excluding hydrogens is 234 g/mol. The molecule has 1 aromatic rings. The van der Waals surface area contributed by atoms with Crippen LogP contribution in [0.3, 0.4) is 0 Å². The van der Waals surface area contributed by atoms with Crippen molar-refractivity contribution in [2.45, 2.75) is 12.5 Å². The molecule has 0 saturated carbocycles. The summed E-state index contributed by atoms with van der Waals surface area (Å²) in [6, 6.07) is 3.05. The lowest BCUT2D eigenvalue weighted by molar-refractivity contribution is 0.0458. The molecule has 0 radical (unpaired) electrons. The molecule has 100 valence electrons. The van der Waals surface area contributed by atoms with Gasteiger partial charge in [0.1, 0.15) is 5.82 Å². The van der Waals surface area contributed by atoms with Gasteiger partial charge >= 0.3 is 5.97 Å². The Balaban J connectivity index is 2.55. The number of anilines is 1. The highest BCUT2D eigenvalue weighted by atomic mass is 16.4. The van der Waals surface area contributed by atoms with Crippen molar-refractivity contribution in [3.63, 3.8) is 0 Å². The molecule has 0 aliphatic carbocycles. The number of aliphatic hydroxyl groups is 1. The van der Waals surface area contributed by atoms with E-state index in [9.17, 15) is 9.90 Å². The first-order chi connectivity index (χ1) is 8.30. The summed E-state index contributed by atoms with van der Waals surface area (Å²) < 4.78 is 0. The monoisotopic (exact) mass is 253 g/mol. The van der Waals surface area contributed by atoms with Gasteiger partial charge in [-0.25, -0.2) is 9.78 Å². The van der Waals surface area contributed by atoms with E-state index in [1.807, 2.05) is 19.0 Å². The normalized spacial score (nSPS) is 14.3. The zero-order chi connectivity index (χ0) is 13.8. The minimum absolute atomic E-state index is 0.139. The first-order valence-corrected chi connectivity index (χ1v) is 5.60. The lowest BCUT2D eigenvalue weighted by atomic mass is 10.1. The molecule has 0 spiro atoms. The van der Waals surface area contributed by atoms with Crippen LogP contribution in [0.25, 0.3) is 0 Å². The van der Waals surface area contributed by atoms with E-state index >= 15 is 0 Å². The molecule has 0 aliphatic heterocycles. The van der Waals surface area contributed by atoms with Crippen LogP contribution in [-0.4, -0.2) is 58.9 Å². The molecule has 1 atom stereocenters. The predicted molar refractivity (Wildman–Crippen MR) is 68.9 cm³/mol. The Labute approximate surface area is 106 Å². The number of likely N-dealkylation sites (N-methyl/N-ethyl adjacent to an activating group) is 1. The van der Waals surface area contributed by atoms with E-state index in [0.717, 1.165) is 0 Å². The summed E-state index contributed by atoms with van der Waals surface area (Å²) in [5, 5.41) is 21.8. The summed E-state index contributed by atoms with van der Waals surface area (Å²) >= 11 is 0. The minimum Gasteiger partial charge on any atom is -0.478 e. The van der Waals surface area contributed by atoms with Crippen LogP contribution in [0.5, 0.6) is 0 Å². The number of carbonyl (C=O) groups is 1. The van der Waals surface area contributed by atoms with Crippen molar-refractivity contribution in [3.05, 3.63) is 23.9 Å². The van der Waals surface area contributed by atoms with Crippen LogP contribution in [-0.2, 0) is 0 Å². The van der Waals surface area contributed by atoms with Crippen LogP contribution in [0.4, 0.5) is 5.82 Å². The molecule has 3 N–H and O–H groups in total. The smallest absolute Gasteiger partial charge is 0.337 e. The quantitative estimate of drug-likeness (QED) is 0.684. The molecule has 0 fully saturated rings. The summed E-state index contributed by atoms with van der Waals surface area (Å²) in [6.45, 7) is 2.59. The maximum absolute atomic E-state index is 10.6. The number of hydrogen-bond donors (Lipinski definition) is 3. The van der Waals surface area contributed by atoms with Gasteiger partial charge < -0.3 is 20.4 Å². The van der Waals surface area contributed by atoms with Crippen molar-refractivity contribution in [1.29, 1.82) is 0 Å². The van der Waals surface area contributed by atoms with E-state index in [1.54, 1.807) is 13.0 Å². The van der Waals surface area contributed by atoms with Crippen LogP contribution in [0, 0.1) is 0 Å². The molecular formula is C12H19N3O3. The van der Waals surface area contributed by atoms with Gasteiger partial charge in [-0.2, -0.15) is 0 Å². The maximum Gasteiger partial charge on any atom is 0.337 e. The second-order valence-corrected chi connectivity index (χ2v) is 4.83. The van der Waals surface area contributed by atoms with Crippen molar-refractivity contribution in [3.8, 4) is 0 Å². The molecule has 1 unspecified atom stereocenters. The van der Waals surface area contributed by atoms with Gasteiger partial charge in [0, 0.05) is 19.3 Å². The van der Waals surface area contributed by atoms with Gasteiger partial charge in [-0.1, -0.05) is 0 Å². The van der Waals surface area contributed by atoms with E-state index in [-0.39, 0.29) is 5.56 Å². The fourth-order valence-electron chi connectivity index (χ4n) is 1.64. The Bertz CT molecular complexity index is 402. The van der Waals surface area contributed by atoms with Crippen molar-refractivity contribution >= 4 is 11.8 Å². The average molecular weight is 253 g/mol. The van der Waals surface area contributed by atoms with E-state index < -0.39 is 11.6 Å². The molecule has 1 rings (SSSR count). The highest BCUT2D eigenvalue weighted by Gasteiger charge is 2.21. The molecule has 1 aromatic heterocycles. The molecule has 0 aliphatic rings. The summed E-state index contributed by atoms with van der Waals surface area (Å²) in [6.07, 6.45) is 1.28. The molecule has 18 heavy (non-hydrogen) atoms. The third kappa shape index (κ3) is 4.68. The van der Waals surface area contributed by atoms with Gasteiger partial charge in [-0.05, 0) is 33.2 Å². The van der Waals surface area contributed by atoms with Crippen LogP contribution < -0.4 is 5.32 Å². The van der Waals surface area contributed by atoms with Gasteiger partial charge in [0.05, 0.1) is 11.2 Å². The SMILES string of the molecule is CN(C)CC(C)(O)CNc1ccc(C(=O)O)cn1. The number of hydrogen-bond acceptors (Lipinski definition) is 5. The van der Waals surface area contributed by atoms with Crippen LogP contribution in [0.2, 0.25) is 0 Å². The van der Waals surface area contributed by atoms with Gasteiger partial charge in [-0.15, -0.1) is 0 Å². The standard InChI is InChI=1S/C12H19N3O3/c1-12(18,8-15(2)3)7-14-10-5-4-9(6-13-10)11(16)17/h4-6,18H,7-8H2,1-3H3,(H,13,14)(H,16,17). The van der Waals surface area contributed by atoms with E-state index in [0.29, 0.717) is 18.9 Å². The van der Waals surface area contributed by atoms with E-state index in [2.05, 4.69) is 10.3 Å². The van der Waals surface area contributed by atoms with Gasteiger partial charge in [0.15, 0.2) is 0 Å². The Morgan fingerprint density at radius 1 is 1.50 bits per heavy atom. The highest BCUT2D eigenvalue weighted by molar-refractivity contribution is 5.87. The average Bonchev–Trinajstić information content (AvgIpc) is 2.25. The summed E-state index contributed by atoms with van der Waals surface area (Å²) in [4.78, 5) is 16.5. The third-order valence-corrected chi connectivity index (χ3v) is 2.32. The predicted octanol–water partition coefficient (Wildman–Crippen LogP) is 0.504. The minimum atomic E-state index is -1.01. The number of nitrogens with one attached hydrogen (secondary N) is 1. The van der Waals surface area contributed by atoms with Crippen LogP contribution in [0.1, 0.15) is 17.3 Å². The number of carboxylic acid groups (broad SMARTS) is 1. The second kappa shape index (κ2) is 5.79. The van der Waals surface area contributed by atoms with Gasteiger partial charge in [0.25, 0.3) is 0 Å². The number of nitrogens with zero attached hydrogens (tertiary/aromatic N) is 2. The van der Waals surface area contributed by atoms with E-state index in [4.69, 9.17) is 5.11 Å². The molecule has 0 amide bonds. The zero-order valence-corrected chi connectivity index (χ0v) is 10.8. The number of carboxylic acids is 1. The Kier molecular flexibility index (Phi) is 4.63. The maximum atomic E-state index is 10.6. The Hall–Kier alpha value is -1.66. The lowest BCUT2D eigenvalue weighted by Gasteiger charge is -2.27. The van der Waals surface area contributed by atoms with Crippen molar-refractivity contribution in [1.82, 2.24) is 9.88 Å². The summed E-state index contributed by atoms with van der Waals surface area (Å²) in [7, 11) is 3.77. The van der Waals surface area contributed by atoms with Crippen LogP contribution in [0.15, 0.2) is 18.3 Å². The molecule has 0 saturated heterocycles. The molecule has 0 bridgehead atoms. The molecule has 1 heterocycles. The van der Waals surface area contributed by atoms with Gasteiger partial charge in [0.2, 0.25) is 0 Å². The largest absolute Gasteiger partial charge is 0.478 e. The number of aromatic nitrogens is 1. The van der Waals surface area contributed by atoms with Crippen molar-refractivity contribution in [2.24, 2.45) is 0 Å². The molecule has 6 nitrogen and oxygen atoms in total. The highest BCUT2D eigenvalue weighted by Crippen LogP contribution is 2.09. The Morgan fingerprint density at radius 2 is 2.17 bits per heavy atom. The summed E-state index contributed by atoms with van der Waals surface area (Å²) in [5.74, 6) is -0.465. The van der Waals surface area contributed by atoms with Gasteiger partial charge in [-0.3, -0.25) is 0 Å². The number of rotatable bonds is 6. The lowest BCUT2D eigenvalue weighted by Crippen LogP contribution is -2.43. The number of pyridine rings is 1. The fraction of sp³-hybridized carbons (Fsp3) is 0.500. The summed E-state index contributed by atoms with van der Waals surface area (Å²) in [5.41, 5.74) is -0.739. The Morgan fingerprint density at radius 3 is 2.61 bits per heavy atom. The number of aromatic carboxylic acids is 1. The first-order valence-electron chi connectivity index (χ1n) is 5.60.